The van der Waals surface area contributed by atoms with Crippen molar-refractivity contribution in [2.75, 3.05) is 12.3 Å². The largest absolute Gasteiger partial charge is 0.214 e. The quantitative estimate of drug-likeness (QED) is 0.666. The first-order valence-electron chi connectivity index (χ1n) is 4.95. The number of sulfonamides is 1. The maximum atomic E-state index is 11.7. The number of hydrogen-bond acceptors (Lipinski definition) is 2. The van der Waals surface area contributed by atoms with Gasteiger partial charge in [0.2, 0.25) is 10.0 Å². The van der Waals surface area contributed by atoms with Crippen LogP contribution in [0.25, 0.3) is 0 Å². The van der Waals surface area contributed by atoms with Gasteiger partial charge in [-0.3, -0.25) is 0 Å². The molecule has 0 N–H and O–H groups in total. The third-order valence-electron chi connectivity index (χ3n) is 1.84. The Kier molecular flexibility index (Phi) is 5.56. The van der Waals surface area contributed by atoms with Gasteiger partial charge in [-0.05, 0) is 26.7 Å². The van der Waals surface area contributed by atoms with Crippen LogP contribution in [0.2, 0.25) is 0 Å². The van der Waals surface area contributed by atoms with Gasteiger partial charge in [0, 0.05) is 12.6 Å². The van der Waals surface area contributed by atoms with Crippen LogP contribution in [-0.4, -0.2) is 31.1 Å². The van der Waals surface area contributed by atoms with Crippen molar-refractivity contribution in [3.63, 3.8) is 0 Å². The fourth-order valence-electron chi connectivity index (χ4n) is 1.31. The molecular formula is C9H21NO2S. The molecule has 0 amide bonds. The fourth-order valence-corrected chi connectivity index (χ4v) is 3.17. The van der Waals surface area contributed by atoms with E-state index in [-0.39, 0.29) is 11.8 Å². The summed E-state index contributed by atoms with van der Waals surface area (Å²) in [6, 6.07) is 0.0801. The molecular weight excluding hydrogens is 186 g/mol. The van der Waals surface area contributed by atoms with Gasteiger partial charge in [0.25, 0.3) is 0 Å². The average molecular weight is 207 g/mol. The summed E-state index contributed by atoms with van der Waals surface area (Å²) >= 11 is 0. The summed E-state index contributed by atoms with van der Waals surface area (Å²) in [5, 5.41) is 0. The highest BCUT2D eigenvalue weighted by molar-refractivity contribution is 7.89. The van der Waals surface area contributed by atoms with Crippen LogP contribution < -0.4 is 0 Å². The summed E-state index contributed by atoms with van der Waals surface area (Å²) in [4.78, 5) is 0. The first-order chi connectivity index (χ1) is 5.95. The monoisotopic (exact) mass is 207 g/mol. The molecule has 0 aliphatic carbocycles. The van der Waals surface area contributed by atoms with Crippen LogP contribution in [0.3, 0.4) is 0 Å². The van der Waals surface area contributed by atoms with Gasteiger partial charge in [-0.15, -0.1) is 0 Å². The van der Waals surface area contributed by atoms with Gasteiger partial charge in [0.05, 0.1) is 5.75 Å². The van der Waals surface area contributed by atoms with Crippen LogP contribution in [-0.2, 0) is 10.0 Å². The molecule has 0 spiro atoms. The van der Waals surface area contributed by atoms with Crippen molar-refractivity contribution in [1.82, 2.24) is 4.31 Å². The van der Waals surface area contributed by atoms with E-state index in [2.05, 4.69) is 0 Å². The highest BCUT2D eigenvalue weighted by Crippen LogP contribution is 2.09. The average Bonchev–Trinajstić information content (AvgIpc) is 1.99. The summed E-state index contributed by atoms with van der Waals surface area (Å²) in [6.07, 6.45) is 1.57. The lowest BCUT2D eigenvalue weighted by atomic mass is 10.4. The number of hydrogen-bond donors (Lipinski definition) is 0. The molecule has 13 heavy (non-hydrogen) atoms. The van der Waals surface area contributed by atoms with E-state index in [1.807, 2.05) is 27.7 Å². The molecule has 0 saturated carbocycles. The molecule has 0 aromatic heterocycles. The summed E-state index contributed by atoms with van der Waals surface area (Å²) in [5.74, 6) is 0.269. The van der Waals surface area contributed by atoms with Crippen LogP contribution in [0.4, 0.5) is 0 Å². The zero-order valence-electron chi connectivity index (χ0n) is 9.08. The smallest absolute Gasteiger partial charge is 0.212 e. The van der Waals surface area contributed by atoms with Crippen molar-refractivity contribution in [1.29, 1.82) is 0 Å². The van der Waals surface area contributed by atoms with Gasteiger partial charge < -0.3 is 0 Å². The Hall–Kier alpha value is -0.0900. The SMILES string of the molecule is CCCN(C(C)C)S(=O)(=O)CCC. The van der Waals surface area contributed by atoms with Crippen LogP contribution in [0.15, 0.2) is 0 Å². The zero-order chi connectivity index (χ0) is 10.5. The van der Waals surface area contributed by atoms with E-state index in [1.165, 1.54) is 0 Å². The van der Waals surface area contributed by atoms with Crippen molar-refractivity contribution in [3.05, 3.63) is 0 Å². The second-order valence-corrected chi connectivity index (χ2v) is 5.56. The summed E-state index contributed by atoms with van der Waals surface area (Å²) in [7, 11) is -3.00. The highest BCUT2D eigenvalue weighted by Gasteiger charge is 2.22. The Labute approximate surface area is 82.2 Å². The molecule has 0 heterocycles. The molecule has 0 bridgehead atoms. The molecule has 80 valence electrons. The van der Waals surface area contributed by atoms with Crippen molar-refractivity contribution in [2.45, 2.75) is 46.6 Å². The molecule has 3 nitrogen and oxygen atoms in total. The molecule has 0 fully saturated rings. The lowest BCUT2D eigenvalue weighted by molar-refractivity contribution is 0.354. The molecule has 0 rings (SSSR count). The Morgan fingerprint density at radius 1 is 1.15 bits per heavy atom. The van der Waals surface area contributed by atoms with Gasteiger partial charge in [-0.25, -0.2) is 8.42 Å². The van der Waals surface area contributed by atoms with Crippen LogP contribution in [0, 0.1) is 0 Å². The molecule has 4 heteroatoms. The first kappa shape index (κ1) is 12.9. The van der Waals surface area contributed by atoms with Crippen LogP contribution in [0.1, 0.15) is 40.5 Å². The third-order valence-corrected chi connectivity index (χ3v) is 4.08. The molecule has 0 atom stereocenters. The minimum atomic E-state index is -3.00. The predicted octanol–water partition coefficient (Wildman–Crippen LogP) is 1.85. The standard InChI is InChI=1S/C9H21NO2S/c1-5-7-10(9(3)4)13(11,12)8-6-2/h9H,5-8H2,1-4H3. The molecule has 0 aromatic carbocycles. The molecule has 0 aliphatic rings. The number of nitrogens with zero attached hydrogens (tertiary/aromatic N) is 1. The van der Waals surface area contributed by atoms with E-state index in [1.54, 1.807) is 4.31 Å². The zero-order valence-corrected chi connectivity index (χ0v) is 9.89. The molecule has 0 radical (unpaired) electrons. The second kappa shape index (κ2) is 5.60. The van der Waals surface area contributed by atoms with Crippen molar-refractivity contribution in [2.24, 2.45) is 0 Å². The molecule has 0 aromatic rings. The Balaban J connectivity index is 4.53. The fraction of sp³-hybridized carbons (Fsp3) is 1.00. The van der Waals surface area contributed by atoms with Crippen LogP contribution >= 0.6 is 0 Å². The maximum Gasteiger partial charge on any atom is 0.214 e. The minimum Gasteiger partial charge on any atom is -0.212 e. The maximum absolute atomic E-state index is 11.7. The Morgan fingerprint density at radius 2 is 1.69 bits per heavy atom. The first-order valence-corrected chi connectivity index (χ1v) is 6.56. The number of rotatable bonds is 6. The predicted molar refractivity (Wildman–Crippen MR) is 56.2 cm³/mol. The van der Waals surface area contributed by atoms with Crippen molar-refractivity contribution < 1.29 is 8.42 Å². The second-order valence-electron chi connectivity index (χ2n) is 3.52. The van der Waals surface area contributed by atoms with Crippen molar-refractivity contribution in [3.8, 4) is 0 Å². The molecule has 0 saturated heterocycles. The summed E-state index contributed by atoms with van der Waals surface area (Å²) in [5.41, 5.74) is 0. The van der Waals surface area contributed by atoms with Crippen molar-refractivity contribution >= 4 is 10.0 Å². The summed E-state index contributed by atoms with van der Waals surface area (Å²) in [6.45, 7) is 8.37. The van der Waals surface area contributed by atoms with E-state index in [9.17, 15) is 8.42 Å². The lowest BCUT2D eigenvalue weighted by Gasteiger charge is -2.25. The lowest BCUT2D eigenvalue weighted by Crippen LogP contribution is -2.38. The minimum absolute atomic E-state index is 0.0801. The highest BCUT2D eigenvalue weighted by atomic mass is 32.2. The van der Waals surface area contributed by atoms with Gasteiger partial charge in [0.15, 0.2) is 0 Å². The van der Waals surface area contributed by atoms with E-state index in [0.29, 0.717) is 13.0 Å². The topological polar surface area (TPSA) is 37.4 Å². The van der Waals surface area contributed by atoms with E-state index >= 15 is 0 Å². The summed E-state index contributed by atoms with van der Waals surface area (Å²) < 4.78 is 25.0. The van der Waals surface area contributed by atoms with Gasteiger partial charge in [-0.1, -0.05) is 13.8 Å². The Bertz CT molecular complexity index is 222. The van der Waals surface area contributed by atoms with Gasteiger partial charge in [-0.2, -0.15) is 4.31 Å². The van der Waals surface area contributed by atoms with E-state index < -0.39 is 10.0 Å². The van der Waals surface area contributed by atoms with Crippen LogP contribution in [0.5, 0.6) is 0 Å². The molecule has 0 unspecified atom stereocenters. The third kappa shape index (κ3) is 4.09. The van der Waals surface area contributed by atoms with E-state index in [0.717, 1.165) is 6.42 Å². The normalized spacial score (nSPS) is 12.8. The van der Waals surface area contributed by atoms with E-state index in [4.69, 9.17) is 0 Å². The Morgan fingerprint density at radius 3 is 2.00 bits per heavy atom. The van der Waals surface area contributed by atoms with Gasteiger partial charge >= 0.3 is 0 Å². The van der Waals surface area contributed by atoms with Gasteiger partial charge in [0.1, 0.15) is 0 Å². The molecule has 0 aliphatic heterocycles.